The van der Waals surface area contributed by atoms with Gasteiger partial charge in [-0.2, -0.15) is 5.10 Å². The first kappa shape index (κ1) is 14.7. The minimum absolute atomic E-state index is 0.150. The Kier molecular flexibility index (Phi) is 3.72. The molecular formula is C15H22N6O. The molecule has 3 rings (SSSR count). The van der Waals surface area contributed by atoms with Gasteiger partial charge in [-0.15, -0.1) is 10.2 Å². The Balaban J connectivity index is 2.08. The highest BCUT2D eigenvalue weighted by Crippen LogP contribution is 2.31. The molecule has 0 bridgehead atoms. The number of aromatic amines is 1. The van der Waals surface area contributed by atoms with Crippen LogP contribution in [0, 0.1) is 12.8 Å². The number of likely N-dealkylation sites (N-methyl/N-ethyl adjacent to an activating group) is 1. The normalized spacial score (nSPS) is 18.1. The first-order valence-electron chi connectivity index (χ1n) is 7.76. The summed E-state index contributed by atoms with van der Waals surface area (Å²) in [5, 5.41) is 15.8. The molecule has 0 aliphatic carbocycles. The fourth-order valence-corrected chi connectivity index (χ4v) is 2.96. The largest absolute Gasteiger partial charge is 0.334 e. The third-order valence-electron chi connectivity index (χ3n) is 4.02. The lowest BCUT2D eigenvalue weighted by atomic mass is 10.0. The Bertz CT molecular complexity index is 686. The number of H-pyrrole nitrogens is 1. The van der Waals surface area contributed by atoms with E-state index in [1.165, 1.54) is 0 Å². The van der Waals surface area contributed by atoms with Gasteiger partial charge >= 0.3 is 0 Å². The van der Waals surface area contributed by atoms with Crippen LogP contribution >= 0.6 is 0 Å². The van der Waals surface area contributed by atoms with Gasteiger partial charge in [-0.25, -0.2) is 0 Å². The molecule has 0 radical (unpaired) electrons. The zero-order valence-electron chi connectivity index (χ0n) is 13.5. The van der Waals surface area contributed by atoms with E-state index in [9.17, 15) is 4.79 Å². The molecule has 1 amide bonds. The van der Waals surface area contributed by atoms with E-state index in [0.29, 0.717) is 24.8 Å². The van der Waals surface area contributed by atoms with Gasteiger partial charge in [-0.3, -0.25) is 14.5 Å². The number of carbonyl (C=O) groups excluding carboxylic acids is 1. The van der Waals surface area contributed by atoms with Crippen molar-refractivity contribution in [2.45, 2.75) is 46.7 Å². The summed E-state index contributed by atoms with van der Waals surface area (Å²) in [5.74, 6) is 2.07. The van der Waals surface area contributed by atoms with Gasteiger partial charge in [0.05, 0.1) is 6.54 Å². The highest BCUT2D eigenvalue weighted by Gasteiger charge is 2.36. The molecule has 0 spiro atoms. The fourth-order valence-electron chi connectivity index (χ4n) is 2.96. The van der Waals surface area contributed by atoms with E-state index in [1.54, 1.807) is 0 Å². The zero-order chi connectivity index (χ0) is 15.9. The summed E-state index contributed by atoms with van der Waals surface area (Å²) in [6.07, 6.45) is 0.775. The Morgan fingerprint density at radius 1 is 1.41 bits per heavy atom. The summed E-state index contributed by atoms with van der Waals surface area (Å²) in [6, 6.07) is 1.69. The summed E-state index contributed by atoms with van der Waals surface area (Å²) in [6.45, 7) is 9.40. The van der Waals surface area contributed by atoms with Gasteiger partial charge < -0.3 is 4.90 Å². The highest BCUT2D eigenvalue weighted by atomic mass is 16.2. The lowest BCUT2D eigenvalue weighted by Gasteiger charge is -2.33. The molecule has 118 valence electrons. The van der Waals surface area contributed by atoms with Crippen LogP contribution in [0.4, 0.5) is 0 Å². The van der Waals surface area contributed by atoms with Gasteiger partial charge in [0.15, 0.2) is 11.6 Å². The molecule has 0 saturated carbocycles. The Hall–Kier alpha value is -2.18. The van der Waals surface area contributed by atoms with Gasteiger partial charge in [0.1, 0.15) is 11.7 Å². The minimum Gasteiger partial charge on any atom is -0.334 e. The van der Waals surface area contributed by atoms with Crippen molar-refractivity contribution in [2.24, 2.45) is 5.92 Å². The Labute approximate surface area is 129 Å². The van der Waals surface area contributed by atoms with Crippen molar-refractivity contribution < 1.29 is 4.79 Å². The van der Waals surface area contributed by atoms with Crippen molar-refractivity contribution in [3.05, 3.63) is 17.6 Å². The number of hydrogen-bond acceptors (Lipinski definition) is 4. The summed E-state index contributed by atoms with van der Waals surface area (Å²) in [7, 11) is 0. The van der Waals surface area contributed by atoms with Crippen LogP contribution in [0.1, 0.15) is 44.8 Å². The number of nitrogens with one attached hydrogen (secondary N) is 1. The molecule has 1 atom stereocenters. The van der Waals surface area contributed by atoms with Crippen molar-refractivity contribution >= 4 is 5.91 Å². The van der Waals surface area contributed by atoms with E-state index < -0.39 is 0 Å². The molecule has 3 heterocycles. The van der Waals surface area contributed by atoms with Gasteiger partial charge in [0.2, 0.25) is 5.91 Å². The van der Waals surface area contributed by atoms with Gasteiger partial charge in [-0.05, 0) is 32.3 Å². The maximum atomic E-state index is 12.8. The van der Waals surface area contributed by atoms with Crippen LogP contribution in [0.3, 0.4) is 0 Å². The predicted octanol–water partition coefficient (Wildman–Crippen LogP) is 1.93. The molecule has 7 nitrogen and oxygen atoms in total. The van der Waals surface area contributed by atoms with Crippen molar-refractivity contribution in [1.29, 1.82) is 0 Å². The third kappa shape index (κ3) is 2.40. The number of amides is 1. The van der Waals surface area contributed by atoms with Crippen molar-refractivity contribution in [3.63, 3.8) is 0 Å². The van der Waals surface area contributed by atoms with E-state index in [1.807, 2.05) is 29.4 Å². The fraction of sp³-hybridized carbons (Fsp3) is 0.600. The van der Waals surface area contributed by atoms with E-state index in [-0.39, 0.29) is 11.9 Å². The highest BCUT2D eigenvalue weighted by molar-refractivity contribution is 5.82. The average Bonchev–Trinajstić information content (AvgIpc) is 3.07. The standard InChI is InChI=1S/C15H22N6O/c1-5-20-8-13-18-19-14(11-7-10(4)16-17-11)21(13)12(15(20)22)6-9(2)3/h7,9,12H,5-6,8H2,1-4H3,(H,16,17)/t12-/m0/s1. The maximum Gasteiger partial charge on any atom is 0.246 e. The number of fused-ring (bicyclic) bond motifs is 1. The minimum atomic E-state index is -0.245. The van der Waals surface area contributed by atoms with Crippen LogP contribution in [0.15, 0.2) is 6.07 Å². The monoisotopic (exact) mass is 302 g/mol. The number of carbonyl (C=O) groups is 1. The molecule has 2 aromatic heterocycles. The first-order chi connectivity index (χ1) is 10.5. The van der Waals surface area contributed by atoms with Crippen LogP contribution in [-0.2, 0) is 11.3 Å². The van der Waals surface area contributed by atoms with E-state index in [2.05, 4.69) is 34.2 Å². The quantitative estimate of drug-likeness (QED) is 0.936. The molecule has 1 N–H and O–H groups in total. The van der Waals surface area contributed by atoms with Crippen LogP contribution in [0.2, 0.25) is 0 Å². The second-order valence-corrected chi connectivity index (χ2v) is 6.24. The third-order valence-corrected chi connectivity index (χ3v) is 4.02. The van der Waals surface area contributed by atoms with Gasteiger partial charge in [0.25, 0.3) is 0 Å². The predicted molar refractivity (Wildman–Crippen MR) is 81.9 cm³/mol. The van der Waals surface area contributed by atoms with Crippen LogP contribution in [0.5, 0.6) is 0 Å². The maximum absolute atomic E-state index is 12.8. The average molecular weight is 302 g/mol. The number of hydrogen-bond donors (Lipinski definition) is 1. The molecule has 1 aliphatic rings. The molecule has 0 saturated heterocycles. The summed E-state index contributed by atoms with van der Waals surface area (Å²) >= 11 is 0. The molecule has 0 unspecified atom stereocenters. The molecule has 2 aromatic rings. The van der Waals surface area contributed by atoms with Crippen LogP contribution < -0.4 is 0 Å². The van der Waals surface area contributed by atoms with Gasteiger partial charge in [-0.1, -0.05) is 13.8 Å². The van der Waals surface area contributed by atoms with E-state index in [4.69, 9.17) is 0 Å². The molecular weight excluding hydrogens is 280 g/mol. The number of rotatable bonds is 4. The lowest BCUT2D eigenvalue weighted by molar-refractivity contribution is -0.137. The second kappa shape index (κ2) is 5.55. The van der Waals surface area contributed by atoms with Crippen LogP contribution in [-0.4, -0.2) is 42.3 Å². The molecule has 0 fully saturated rings. The second-order valence-electron chi connectivity index (χ2n) is 6.24. The number of nitrogens with zero attached hydrogens (tertiary/aromatic N) is 5. The smallest absolute Gasteiger partial charge is 0.246 e. The molecule has 1 aliphatic heterocycles. The van der Waals surface area contributed by atoms with Gasteiger partial charge in [0, 0.05) is 12.2 Å². The number of aromatic nitrogens is 5. The topological polar surface area (TPSA) is 79.7 Å². The zero-order valence-corrected chi connectivity index (χ0v) is 13.5. The summed E-state index contributed by atoms with van der Waals surface area (Å²) in [4.78, 5) is 14.6. The Morgan fingerprint density at radius 2 is 2.18 bits per heavy atom. The van der Waals surface area contributed by atoms with Crippen molar-refractivity contribution in [1.82, 2.24) is 29.9 Å². The number of aryl methyl sites for hydroxylation is 1. The van der Waals surface area contributed by atoms with Crippen molar-refractivity contribution in [3.8, 4) is 11.5 Å². The summed E-state index contributed by atoms with van der Waals surface area (Å²) < 4.78 is 1.98. The first-order valence-corrected chi connectivity index (χ1v) is 7.76. The SMILES string of the molecule is CCN1Cc2nnc(-c3cc(C)[nH]n3)n2[C@@H](CC(C)C)C1=O. The van der Waals surface area contributed by atoms with E-state index in [0.717, 1.165) is 23.6 Å². The lowest BCUT2D eigenvalue weighted by Crippen LogP contribution is -2.43. The van der Waals surface area contributed by atoms with E-state index >= 15 is 0 Å². The molecule has 22 heavy (non-hydrogen) atoms. The summed E-state index contributed by atoms with van der Waals surface area (Å²) in [5.41, 5.74) is 1.70. The van der Waals surface area contributed by atoms with Crippen molar-refractivity contribution in [2.75, 3.05) is 6.54 Å². The van der Waals surface area contributed by atoms with Crippen LogP contribution in [0.25, 0.3) is 11.5 Å². The Morgan fingerprint density at radius 3 is 2.77 bits per heavy atom. The molecule has 7 heteroatoms. The molecule has 0 aromatic carbocycles.